The van der Waals surface area contributed by atoms with Gasteiger partial charge in [0, 0.05) is 19.9 Å². The molecule has 106 valence electrons. The van der Waals surface area contributed by atoms with Crippen molar-refractivity contribution in [3.8, 4) is 0 Å². The molecule has 0 saturated carbocycles. The van der Waals surface area contributed by atoms with Gasteiger partial charge in [-0.2, -0.15) is 0 Å². The Balaban J connectivity index is 2.00. The van der Waals surface area contributed by atoms with Gasteiger partial charge in [0.25, 0.3) is 0 Å². The third-order valence-electron chi connectivity index (χ3n) is 3.16. The molecular weight excluding hydrogens is 300 g/mol. The molecule has 0 saturated heterocycles. The normalized spacial score (nSPS) is 10.8. The van der Waals surface area contributed by atoms with Crippen molar-refractivity contribution in [2.45, 2.75) is 16.7 Å². The minimum atomic E-state index is -0.275. The van der Waals surface area contributed by atoms with Crippen molar-refractivity contribution in [3.05, 3.63) is 59.0 Å². The standard InChI is InChI=1S/C17H14O2S2/c1-11-6-8-12(9-7-11)20-14-4-3-5-15-13(14)10-16(21-15)17(18)19-2/h3-10H,1-2H3. The van der Waals surface area contributed by atoms with Crippen molar-refractivity contribution < 1.29 is 9.53 Å². The second-order valence-electron chi connectivity index (χ2n) is 4.69. The molecule has 0 atom stereocenters. The Morgan fingerprint density at radius 2 is 1.90 bits per heavy atom. The van der Waals surface area contributed by atoms with Crippen LogP contribution in [0.25, 0.3) is 10.1 Å². The largest absolute Gasteiger partial charge is 0.465 e. The van der Waals surface area contributed by atoms with E-state index in [1.807, 2.05) is 18.2 Å². The minimum absolute atomic E-state index is 0.275. The van der Waals surface area contributed by atoms with Gasteiger partial charge in [-0.25, -0.2) is 4.79 Å². The first-order chi connectivity index (χ1) is 10.2. The van der Waals surface area contributed by atoms with Crippen LogP contribution < -0.4 is 0 Å². The molecule has 0 unspecified atom stereocenters. The van der Waals surface area contributed by atoms with E-state index >= 15 is 0 Å². The number of thiophene rings is 1. The van der Waals surface area contributed by atoms with Gasteiger partial charge in [-0.3, -0.25) is 0 Å². The summed E-state index contributed by atoms with van der Waals surface area (Å²) in [5.74, 6) is -0.275. The monoisotopic (exact) mass is 314 g/mol. The Morgan fingerprint density at radius 1 is 1.14 bits per heavy atom. The SMILES string of the molecule is COC(=O)c1cc2c(Sc3ccc(C)cc3)cccc2s1. The molecule has 0 radical (unpaired) electrons. The Morgan fingerprint density at radius 3 is 2.62 bits per heavy atom. The van der Waals surface area contributed by atoms with Gasteiger partial charge in [0.1, 0.15) is 4.88 Å². The van der Waals surface area contributed by atoms with Crippen molar-refractivity contribution in [1.82, 2.24) is 0 Å². The number of carbonyl (C=O) groups excluding carboxylic acids is 1. The summed E-state index contributed by atoms with van der Waals surface area (Å²) in [6, 6.07) is 16.5. The molecule has 3 aromatic rings. The van der Waals surface area contributed by atoms with Gasteiger partial charge in [0.2, 0.25) is 0 Å². The van der Waals surface area contributed by atoms with Crippen LogP contribution in [0.4, 0.5) is 0 Å². The van der Waals surface area contributed by atoms with E-state index in [0.29, 0.717) is 4.88 Å². The molecule has 0 bridgehead atoms. The van der Waals surface area contributed by atoms with Gasteiger partial charge in [0.05, 0.1) is 7.11 Å². The van der Waals surface area contributed by atoms with Gasteiger partial charge < -0.3 is 4.74 Å². The average Bonchev–Trinajstić information content (AvgIpc) is 2.94. The fraction of sp³-hybridized carbons (Fsp3) is 0.118. The maximum Gasteiger partial charge on any atom is 0.348 e. The van der Waals surface area contributed by atoms with E-state index in [2.05, 4.69) is 37.3 Å². The Kier molecular flexibility index (Phi) is 3.99. The topological polar surface area (TPSA) is 26.3 Å². The van der Waals surface area contributed by atoms with Crippen LogP contribution in [0.1, 0.15) is 15.2 Å². The summed E-state index contributed by atoms with van der Waals surface area (Å²) < 4.78 is 5.91. The summed E-state index contributed by atoms with van der Waals surface area (Å²) in [4.78, 5) is 14.7. The van der Waals surface area contributed by atoms with Crippen LogP contribution in [-0.2, 0) is 4.74 Å². The molecule has 21 heavy (non-hydrogen) atoms. The molecule has 0 aliphatic rings. The number of hydrogen-bond acceptors (Lipinski definition) is 4. The molecule has 1 heterocycles. The summed E-state index contributed by atoms with van der Waals surface area (Å²) in [5, 5.41) is 1.11. The highest BCUT2D eigenvalue weighted by Crippen LogP contribution is 2.37. The zero-order valence-electron chi connectivity index (χ0n) is 11.8. The zero-order valence-corrected chi connectivity index (χ0v) is 13.4. The van der Waals surface area contributed by atoms with Gasteiger partial charge in [-0.15, -0.1) is 11.3 Å². The Labute approximate surface area is 131 Å². The first kappa shape index (κ1) is 14.2. The molecule has 0 N–H and O–H groups in total. The molecule has 4 heteroatoms. The number of esters is 1. The van der Waals surface area contributed by atoms with Crippen LogP contribution in [0.15, 0.2) is 58.3 Å². The molecule has 3 rings (SSSR count). The smallest absolute Gasteiger partial charge is 0.348 e. The van der Waals surface area contributed by atoms with Gasteiger partial charge in [-0.05, 0) is 37.3 Å². The lowest BCUT2D eigenvalue weighted by Crippen LogP contribution is -1.96. The molecular formula is C17H14O2S2. The predicted molar refractivity (Wildman–Crippen MR) is 88.5 cm³/mol. The van der Waals surface area contributed by atoms with Gasteiger partial charge in [0.15, 0.2) is 0 Å². The molecule has 2 aromatic carbocycles. The average molecular weight is 314 g/mol. The highest BCUT2D eigenvalue weighted by molar-refractivity contribution is 7.99. The van der Waals surface area contributed by atoms with Crippen LogP contribution >= 0.6 is 23.1 Å². The van der Waals surface area contributed by atoms with E-state index in [-0.39, 0.29) is 5.97 Å². The number of methoxy groups -OCH3 is 1. The van der Waals surface area contributed by atoms with Gasteiger partial charge >= 0.3 is 5.97 Å². The van der Waals surface area contributed by atoms with Crippen LogP contribution in [0.5, 0.6) is 0 Å². The predicted octanol–water partition coefficient (Wildman–Crippen LogP) is 5.15. The van der Waals surface area contributed by atoms with E-state index in [0.717, 1.165) is 15.0 Å². The molecule has 0 aliphatic heterocycles. The Bertz CT molecular complexity index is 788. The lowest BCUT2D eigenvalue weighted by atomic mass is 10.2. The van der Waals surface area contributed by atoms with E-state index in [1.54, 1.807) is 11.8 Å². The number of benzene rings is 2. The minimum Gasteiger partial charge on any atom is -0.465 e. The molecule has 0 fully saturated rings. The van der Waals surface area contributed by atoms with E-state index < -0.39 is 0 Å². The number of rotatable bonds is 3. The van der Waals surface area contributed by atoms with Gasteiger partial charge in [-0.1, -0.05) is 35.5 Å². The van der Waals surface area contributed by atoms with Crippen molar-refractivity contribution in [1.29, 1.82) is 0 Å². The van der Waals surface area contributed by atoms with E-state index in [1.165, 1.54) is 28.9 Å². The quantitative estimate of drug-likeness (QED) is 0.626. The van der Waals surface area contributed by atoms with E-state index in [9.17, 15) is 4.79 Å². The third kappa shape index (κ3) is 2.96. The molecule has 0 spiro atoms. The van der Waals surface area contributed by atoms with Crippen LogP contribution in [0, 0.1) is 6.92 Å². The second kappa shape index (κ2) is 5.92. The summed E-state index contributed by atoms with van der Waals surface area (Å²) in [6.07, 6.45) is 0. The fourth-order valence-electron chi connectivity index (χ4n) is 2.06. The van der Waals surface area contributed by atoms with Crippen molar-refractivity contribution >= 4 is 39.2 Å². The fourth-order valence-corrected chi connectivity index (χ4v) is 4.08. The highest BCUT2D eigenvalue weighted by atomic mass is 32.2. The van der Waals surface area contributed by atoms with Crippen molar-refractivity contribution in [2.75, 3.05) is 7.11 Å². The maximum atomic E-state index is 11.7. The number of hydrogen-bond donors (Lipinski definition) is 0. The second-order valence-corrected chi connectivity index (χ2v) is 6.88. The first-order valence-corrected chi connectivity index (χ1v) is 8.16. The number of ether oxygens (including phenoxy) is 1. The first-order valence-electron chi connectivity index (χ1n) is 6.53. The maximum absolute atomic E-state index is 11.7. The van der Waals surface area contributed by atoms with Crippen molar-refractivity contribution in [2.24, 2.45) is 0 Å². The van der Waals surface area contributed by atoms with E-state index in [4.69, 9.17) is 4.74 Å². The number of fused-ring (bicyclic) bond motifs is 1. The van der Waals surface area contributed by atoms with Crippen molar-refractivity contribution in [3.63, 3.8) is 0 Å². The summed E-state index contributed by atoms with van der Waals surface area (Å²) in [6.45, 7) is 2.08. The molecule has 1 aromatic heterocycles. The third-order valence-corrected chi connectivity index (χ3v) is 5.32. The highest BCUT2D eigenvalue weighted by Gasteiger charge is 2.12. The Hall–Kier alpha value is -1.78. The molecule has 0 amide bonds. The lowest BCUT2D eigenvalue weighted by molar-refractivity contribution is 0.0606. The number of carbonyl (C=O) groups is 1. The molecule has 0 aliphatic carbocycles. The van der Waals surface area contributed by atoms with Crippen LogP contribution in [-0.4, -0.2) is 13.1 Å². The summed E-state index contributed by atoms with van der Waals surface area (Å²) >= 11 is 3.18. The molecule has 2 nitrogen and oxygen atoms in total. The van der Waals surface area contributed by atoms with Crippen LogP contribution in [0.3, 0.4) is 0 Å². The lowest BCUT2D eigenvalue weighted by Gasteiger charge is -2.03. The summed E-state index contributed by atoms with van der Waals surface area (Å²) in [5.41, 5.74) is 1.25. The number of aryl methyl sites for hydroxylation is 1. The van der Waals surface area contributed by atoms with Crippen LogP contribution in [0.2, 0.25) is 0 Å². The summed E-state index contributed by atoms with van der Waals surface area (Å²) in [7, 11) is 1.41. The zero-order chi connectivity index (χ0) is 14.8.